The van der Waals surface area contributed by atoms with Crippen molar-refractivity contribution in [1.29, 1.82) is 0 Å². The third-order valence-electron chi connectivity index (χ3n) is 2.73. The van der Waals surface area contributed by atoms with E-state index in [-0.39, 0.29) is 24.2 Å². The summed E-state index contributed by atoms with van der Waals surface area (Å²) in [6, 6.07) is 7.44. The monoisotopic (exact) mass is 237 g/mol. The predicted molar refractivity (Wildman–Crippen MR) is 69.9 cm³/mol. The van der Waals surface area contributed by atoms with Crippen molar-refractivity contribution >= 4 is 0 Å². The molecule has 3 heteroatoms. The number of nitrogens with two attached hydrogens (primary N) is 1. The van der Waals surface area contributed by atoms with E-state index in [2.05, 4.69) is 20.8 Å². The van der Waals surface area contributed by atoms with Crippen LogP contribution in [-0.4, -0.2) is 17.3 Å². The molecule has 0 saturated heterocycles. The summed E-state index contributed by atoms with van der Waals surface area (Å²) in [4.78, 5) is 0. The zero-order valence-corrected chi connectivity index (χ0v) is 11.1. The molecule has 3 N–H and O–H groups in total. The molecule has 0 amide bonds. The Bertz CT molecular complexity index is 355. The van der Waals surface area contributed by atoms with Crippen molar-refractivity contribution in [3.8, 4) is 5.75 Å². The van der Waals surface area contributed by atoms with Gasteiger partial charge in [-0.15, -0.1) is 0 Å². The van der Waals surface area contributed by atoms with Crippen LogP contribution in [0.1, 0.15) is 33.3 Å². The van der Waals surface area contributed by atoms with Crippen LogP contribution in [0.3, 0.4) is 0 Å². The summed E-state index contributed by atoms with van der Waals surface area (Å²) in [5.74, 6) is 0.715. The Morgan fingerprint density at radius 1 is 1.29 bits per heavy atom. The molecule has 96 valence electrons. The molecule has 1 rings (SSSR count). The summed E-state index contributed by atoms with van der Waals surface area (Å²) >= 11 is 0. The number of para-hydroxylation sites is 1. The topological polar surface area (TPSA) is 55.5 Å². The van der Waals surface area contributed by atoms with Crippen molar-refractivity contribution in [2.75, 3.05) is 0 Å². The Kier molecular flexibility index (Phi) is 4.54. The van der Waals surface area contributed by atoms with Crippen LogP contribution in [0.4, 0.5) is 0 Å². The van der Waals surface area contributed by atoms with Gasteiger partial charge in [-0.25, -0.2) is 0 Å². The van der Waals surface area contributed by atoms with Crippen LogP contribution in [0.15, 0.2) is 24.3 Å². The van der Waals surface area contributed by atoms with E-state index in [1.807, 2.05) is 31.2 Å². The second kappa shape index (κ2) is 5.52. The molecular weight excluding hydrogens is 214 g/mol. The van der Waals surface area contributed by atoms with Gasteiger partial charge in [-0.05, 0) is 13.0 Å². The Morgan fingerprint density at radius 3 is 2.35 bits per heavy atom. The molecule has 1 aromatic carbocycles. The highest BCUT2D eigenvalue weighted by atomic mass is 16.5. The SMILES string of the molecule is CC(N)C(Oc1ccccc1CO)C(C)(C)C. The molecular formula is C14H23NO2. The molecule has 0 bridgehead atoms. The summed E-state index contributed by atoms with van der Waals surface area (Å²) in [6.45, 7) is 8.22. The molecule has 17 heavy (non-hydrogen) atoms. The summed E-state index contributed by atoms with van der Waals surface area (Å²) in [5.41, 5.74) is 6.72. The normalized spacial score (nSPS) is 15.4. The molecule has 0 spiro atoms. The molecule has 3 nitrogen and oxygen atoms in total. The van der Waals surface area contributed by atoms with Crippen LogP contribution >= 0.6 is 0 Å². The third-order valence-corrected chi connectivity index (χ3v) is 2.73. The molecule has 1 aromatic rings. The molecule has 0 heterocycles. The quantitative estimate of drug-likeness (QED) is 0.845. The smallest absolute Gasteiger partial charge is 0.125 e. The maximum Gasteiger partial charge on any atom is 0.125 e. The fourth-order valence-electron chi connectivity index (χ4n) is 1.96. The number of hydrogen-bond acceptors (Lipinski definition) is 3. The molecule has 2 unspecified atom stereocenters. The maximum atomic E-state index is 9.26. The highest BCUT2D eigenvalue weighted by molar-refractivity contribution is 5.33. The first kappa shape index (κ1) is 14.0. The average Bonchev–Trinajstić information content (AvgIpc) is 2.24. The van der Waals surface area contributed by atoms with Crippen molar-refractivity contribution in [3.63, 3.8) is 0 Å². The van der Waals surface area contributed by atoms with E-state index >= 15 is 0 Å². The van der Waals surface area contributed by atoms with Crippen molar-refractivity contribution in [2.24, 2.45) is 11.1 Å². The van der Waals surface area contributed by atoms with Crippen molar-refractivity contribution in [2.45, 2.75) is 46.4 Å². The van der Waals surface area contributed by atoms with Gasteiger partial charge in [0.05, 0.1) is 6.61 Å². The van der Waals surface area contributed by atoms with E-state index in [9.17, 15) is 5.11 Å². The van der Waals surface area contributed by atoms with E-state index in [0.29, 0.717) is 5.75 Å². The second-order valence-corrected chi connectivity index (χ2v) is 5.53. The standard InChI is InChI=1S/C14H23NO2/c1-10(15)13(14(2,3)4)17-12-8-6-5-7-11(12)9-16/h5-8,10,13,16H,9,15H2,1-4H3. The van der Waals surface area contributed by atoms with Crippen molar-refractivity contribution < 1.29 is 9.84 Å². The number of ether oxygens (including phenoxy) is 1. The summed E-state index contributed by atoms with van der Waals surface area (Å²) in [7, 11) is 0. The van der Waals surface area contributed by atoms with Gasteiger partial charge in [0.1, 0.15) is 11.9 Å². The van der Waals surface area contributed by atoms with Crippen LogP contribution in [0, 0.1) is 5.41 Å². The average molecular weight is 237 g/mol. The molecule has 0 aliphatic rings. The molecule has 0 aliphatic heterocycles. The van der Waals surface area contributed by atoms with Gasteiger partial charge < -0.3 is 15.6 Å². The van der Waals surface area contributed by atoms with E-state index < -0.39 is 0 Å². The van der Waals surface area contributed by atoms with E-state index in [4.69, 9.17) is 10.5 Å². The van der Waals surface area contributed by atoms with Crippen molar-refractivity contribution in [3.05, 3.63) is 29.8 Å². The Morgan fingerprint density at radius 2 is 1.88 bits per heavy atom. The first-order valence-electron chi connectivity index (χ1n) is 5.97. The number of rotatable bonds is 4. The fraction of sp³-hybridized carbons (Fsp3) is 0.571. The van der Waals surface area contributed by atoms with Crippen LogP contribution < -0.4 is 10.5 Å². The van der Waals surface area contributed by atoms with E-state index in [1.165, 1.54) is 0 Å². The van der Waals surface area contributed by atoms with Gasteiger partial charge in [0.25, 0.3) is 0 Å². The van der Waals surface area contributed by atoms with Gasteiger partial charge in [0, 0.05) is 17.0 Å². The van der Waals surface area contributed by atoms with Crippen LogP contribution in [0.5, 0.6) is 5.75 Å². The van der Waals surface area contributed by atoms with Gasteiger partial charge in [-0.3, -0.25) is 0 Å². The minimum absolute atomic E-state index is 0.0218. The third kappa shape index (κ3) is 3.72. The van der Waals surface area contributed by atoms with Crippen LogP contribution in [0.25, 0.3) is 0 Å². The second-order valence-electron chi connectivity index (χ2n) is 5.53. The number of hydrogen-bond donors (Lipinski definition) is 2. The summed E-state index contributed by atoms with van der Waals surface area (Å²) < 4.78 is 5.98. The van der Waals surface area contributed by atoms with E-state index in [1.54, 1.807) is 0 Å². The van der Waals surface area contributed by atoms with Gasteiger partial charge in [-0.2, -0.15) is 0 Å². The Balaban J connectivity index is 2.94. The lowest BCUT2D eigenvalue weighted by Crippen LogP contribution is -2.45. The predicted octanol–water partition coefficient (Wildman–Crippen LogP) is 2.32. The zero-order chi connectivity index (χ0) is 13.1. The first-order valence-corrected chi connectivity index (χ1v) is 5.97. The number of benzene rings is 1. The summed E-state index contributed by atoms with van der Waals surface area (Å²) in [6.07, 6.45) is -0.0878. The van der Waals surface area contributed by atoms with Gasteiger partial charge in [0.15, 0.2) is 0 Å². The molecule has 0 aromatic heterocycles. The van der Waals surface area contributed by atoms with E-state index in [0.717, 1.165) is 5.56 Å². The highest BCUT2D eigenvalue weighted by Gasteiger charge is 2.30. The van der Waals surface area contributed by atoms with Crippen LogP contribution in [-0.2, 0) is 6.61 Å². The molecule has 0 fully saturated rings. The molecule has 0 radical (unpaired) electrons. The lowest BCUT2D eigenvalue weighted by molar-refractivity contribution is 0.0661. The molecule has 0 saturated carbocycles. The first-order chi connectivity index (χ1) is 7.86. The lowest BCUT2D eigenvalue weighted by Gasteiger charge is -2.34. The van der Waals surface area contributed by atoms with Crippen LogP contribution in [0.2, 0.25) is 0 Å². The van der Waals surface area contributed by atoms with Gasteiger partial charge in [-0.1, -0.05) is 39.0 Å². The number of aliphatic hydroxyl groups is 1. The fourth-order valence-corrected chi connectivity index (χ4v) is 1.96. The minimum atomic E-state index is -0.0878. The number of aliphatic hydroxyl groups excluding tert-OH is 1. The Hall–Kier alpha value is -1.06. The Labute approximate surface area is 104 Å². The lowest BCUT2D eigenvalue weighted by atomic mass is 9.85. The highest BCUT2D eigenvalue weighted by Crippen LogP contribution is 2.28. The molecule has 0 aliphatic carbocycles. The zero-order valence-electron chi connectivity index (χ0n) is 11.1. The molecule has 2 atom stereocenters. The largest absolute Gasteiger partial charge is 0.488 e. The van der Waals surface area contributed by atoms with Gasteiger partial charge in [0.2, 0.25) is 0 Å². The maximum absolute atomic E-state index is 9.26. The van der Waals surface area contributed by atoms with Gasteiger partial charge >= 0.3 is 0 Å². The summed E-state index contributed by atoms with van der Waals surface area (Å²) in [5, 5.41) is 9.26. The minimum Gasteiger partial charge on any atom is -0.488 e. The van der Waals surface area contributed by atoms with Crippen molar-refractivity contribution in [1.82, 2.24) is 0 Å².